The number of nitrogens with zero attached hydrogens (tertiary/aromatic N) is 2. The zero-order valence-corrected chi connectivity index (χ0v) is 12.8. The second-order valence-corrected chi connectivity index (χ2v) is 5.53. The lowest BCUT2D eigenvalue weighted by Gasteiger charge is -2.32. The van der Waals surface area contributed by atoms with Gasteiger partial charge >= 0.3 is 0 Å². The van der Waals surface area contributed by atoms with Crippen molar-refractivity contribution in [3.8, 4) is 0 Å². The van der Waals surface area contributed by atoms with E-state index in [1.165, 1.54) is 0 Å². The first-order valence-corrected chi connectivity index (χ1v) is 7.03. The van der Waals surface area contributed by atoms with Crippen LogP contribution < -0.4 is 5.73 Å². The minimum absolute atomic E-state index is 0.0451. The molecule has 0 saturated carbocycles. The number of amidine groups is 1. The van der Waals surface area contributed by atoms with Gasteiger partial charge in [0.1, 0.15) is 6.10 Å². The number of hydrogen-bond acceptors (Lipinski definition) is 4. The van der Waals surface area contributed by atoms with E-state index < -0.39 is 6.10 Å². The van der Waals surface area contributed by atoms with E-state index in [0.29, 0.717) is 23.7 Å². The molecule has 6 nitrogen and oxygen atoms in total. The predicted octanol–water partition coefficient (Wildman–Crippen LogP) is 1.69. The Morgan fingerprint density at radius 2 is 2.35 bits per heavy atom. The lowest BCUT2D eigenvalue weighted by molar-refractivity contribution is 0.00676. The monoisotopic (exact) mass is 361 g/mol. The van der Waals surface area contributed by atoms with Crippen molar-refractivity contribution in [1.29, 1.82) is 0 Å². The summed E-state index contributed by atoms with van der Waals surface area (Å²) in [4.78, 5) is 14.0. The zero-order chi connectivity index (χ0) is 14.7. The summed E-state index contributed by atoms with van der Waals surface area (Å²) in [7, 11) is 0. The minimum atomic E-state index is -0.594. The van der Waals surface area contributed by atoms with Crippen molar-refractivity contribution in [1.82, 2.24) is 4.90 Å². The fourth-order valence-corrected chi connectivity index (χ4v) is 2.32. The normalized spacial score (nSPS) is 20.0. The van der Waals surface area contributed by atoms with Crippen molar-refractivity contribution in [2.24, 2.45) is 10.9 Å². The SMILES string of the molecule is N/C(=N/O)C1CN(C(=O)c2ccc(Br)c(Cl)c2)CCO1. The minimum Gasteiger partial charge on any atom is -0.409 e. The standard InChI is InChI=1S/C12H13BrClN3O3/c13-8-2-1-7(5-9(8)14)12(18)17-3-4-20-10(6-17)11(15)16-19/h1-2,5,10,19H,3-4,6H2,(H2,15,16). The molecule has 108 valence electrons. The Balaban J connectivity index is 2.14. The molecule has 1 aromatic carbocycles. The number of morpholine rings is 1. The molecule has 1 aliphatic heterocycles. The van der Waals surface area contributed by atoms with Gasteiger partial charge in [-0.1, -0.05) is 16.8 Å². The van der Waals surface area contributed by atoms with Gasteiger partial charge in [-0.15, -0.1) is 0 Å². The van der Waals surface area contributed by atoms with Crippen LogP contribution in [0.3, 0.4) is 0 Å². The van der Waals surface area contributed by atoms with Gasteiger partial charge in [0.15, 0.2) is 5.84 Å². The number of hydrogen-bond donors (Lipinski definition) is 2. The number of oxime groups is 1. The fourth-order valence-electron chi connectivity index (χ4n) is 1.89. The number of halogens is 2. The summed E-state index contributed by atoms with van der Waals surface area (Å²) in [6, 6.07) is 5.01. The van der Waals surface area contributed by atoms with E-state index in [2.05, 4.69) is 21.1 Å². The number of amides is 1. The van der Waals surface area contributed by atoms with Gasteiger partial charge in [-0.25, -0.2) is 0 Å². The van der Waals surface area contributed by atoms with E-state index in [1.807, 2.05) is 0 Å². The first-order valence-electron chi connectivity index (χ1n) is 5.86. The molecule has 1 unspecified atom stereocenters. The first-order chi connectivity index (χ1) is 9.52. The molecule has 1 atom stereocenters. The molecular weight excluding hydrogens is 350 g/mol. The van der Waals surface area contributed by atoms with Gasteiger partial charge in [0.2, 0.25) is 0 Å². The molecule has 8 heteroatoms. The van der Waals surface area contributed by atoms with Gasteiger partial charge in [-0.3, -0.25) is 4.79 Å². The number of nitrogens with two attached hydrogens (primary N) is 1. The maximum Gasteiger partial charge on any atom is 0.254 e. The van der Waals surface area contributed by atoms with Crippen molar-refractivity contribution in [2.75, 3.05) is 19.7 Å². The molecule has 3 N–H and O–H groups in total. The van der Waals surface area contributed by atoms with Crippen molar-refractivity contribution < 1.29 is 14.7 Å². The first kappa shape index (κ1) is 15.1. The highest BCUT2D eigenvalue weighted by Crippen LogP contribution is 2.24. The molecule has 1 aliphatic rings. The predicted molar refractivity (Wildman–Crippen MR) is 78.2 cm³/mol. The third-order valence-corrected chi connectivity index (χ3v) is 4.20. The molecule has 1 heterocycles. The van der Waals surface area contributed by atoms with Crippen LogP contribution in [0.5, 0.6) is 0 Å². The number of benzene rings is 1. The Morgan fingerprint density at radius 1 is 1.60 bits per heavy atom. The van der Waals surface area contributed by atoms with Crippen molar-refractivity contribution in [3.05, 3.63) is 33.3 Å². The summed E-state index contributed by atoms with van der Waals surface area (Å²) in [6.45, 7) is 1.01. The molecule has 20 heavy (non-hydrogen) atoms. The average Bonchev–Trinajstić information content (AvgIpc) is 2.48. The van der Waals surface area contributed by atoms with Crippen LogP contribution >= 0.6 is 27.5 Å². The molecule has 1 amide bonds. The van der Waals surface area contributed by atoms with Gasteiger partial charge in [0.25, 0.3) is 5.91 Å². The lowest BCUT2D eigenvalue weighted by Crippen LogP contribution is -2.50. The maximum absolute atomic E-state index is 12.4. The summed E-state index contributed by atoms with van der Waals surface area (Å²) >= 11 is 9.26. The van der Waals surface area contributed by atoms with Crippen LogP contribution in [-0.2, 0) is 4.74 Å². The molecule has 0 aliphatic carbocycles. The van der Waals surface area contributed by atoms with E-state index >= 15 is 0 Å². The van der Waals surface area contributed by atoms with Gasteiger partial charge in [-0.05, 0) is 34.1 Å². The number of carbonyl (C=O) groups excluding carboxylic acids is 1. The van der Waals surface area contributed by atoms with Gasteiger partial charge in [-0.2, -0.15) is 0 Å². The number of carbonyl (C=O) groups is 1. The summed E-state index contributed by atoms with van der Waals surface area (Å²) in [5.74, 6) is -0.213. The van der Waals surface area contributed by atoms with Crippen LogP contribution in [-0.4, -0.2) is 47.7 Å². The topological polar surface area (TPSA) is 88.2 Å². The van der Waals surface area contributed by atoms with Crippen LogP contribution in [0.4, 0.5) is 0 Å². The van der Waals surface area contributed by atoms with Crippen LogP contribution in [0.25, 0.3) is 0 Å². The molecule has 1 saturated heterocycles. The Kier molecular flexibility index (Phi) is 4.85. The highest BCUT2D eigenvalue weighted by atomic mass is 79.9. The van der Waals surface area contributed by atoms with Gasteiger partial charge in [0.05, 0.1) is 18.2 Å². The van der Waals surface area contributed by atoms with Crippen molar-refractivity contribution in [3.63, 3.8) is 0 Å². The Morgan fingerprint density at radius 3 is 3.00 bits per heavy atom. The maximum atomic E-state index is 12.4. The molecule has 0 radical (unpaired) electrons. The van der Waals surface area contributed by atoms with Crippen LogP contribution in [0.15, 0.2) is 27.8 Å². The Bertz CT molecular complexity index is 553. The lowest BCUT2D eigenvalue weighted by atomic mass is 10.1. The van der Waals surface area contributed by atoms with E-state index in [1.54, 1.807) is 23.1 Å². The van der Waals surface area contributed by atoms with Gasteiger partial charge in [0, 0.05) is 16.6 Å². The van der Waals surface area contributed by atoms with E-state index in [0.717, 1.165) is 4.47 Å². The molecule has 0 bridgehead atoms. The van der Waals surface area contributed by atoms with E-state index in [4.69, 9.17) is 27.3 Å². The highest BCUT2D eigenvalue weighted by Gasteiger charge is 2.27. The van der Waals surface area contributed by atoms with Crippen LogP contribution in [0.2, 0.25) is 5.02 Å². The summed E-state index contributed by atoms with van der Waals surface area (Å²) in [6.07, 6.45) is -0.594. The van der Waals surface area contributed by atoms with E-state index in [9.17, 15) is 4.79 Å². The quantitative estimate of drug-likeness (QED) is 0.363. The van der Waals surface area contributed by atoms with Crippen LogP contribution in [0.1, 0.15) is 10.4 Å². The Labute approximate surface area is 129 Å². The molecule has 1 aromatic rings. The summed E-state index contributed by atoms with van der Waals surface area (Å²) in [5.41, 5.74) is 5.99. The zero-order valence-electron chi connectivity index (χ0n) is 10.4. The molecule has 2 rings (SSSR count). The van der Waals surface area contributed by atoms with Gasteiger partial charge < -0.3 is 20.6 Å². The summed E-state index contributed by atoms with van der Waals surface area (Å²) < 4.78 is 6.08. The molecule has 0 aromatic heterocycles. The summed E-state index contributed by atoms with van der Waals surface area (Å²) in [5, 5.41) is 12.0. The highest BCUT2D eigenvalue weighted by molar-refractivity contribution is 9.10. The molecular formula is C12H13BrClN3O3. The molecule has 1 fully saturated rings. The van der Waals surface area contributed by atoms with E-state index in [-0.39, 0.29) is 18.3 Å². The molecule has 0 spiro atoms. The van der Waals surface area contributed by atoms with Crippen molar-refractivity contribution in [2.45, 2.75) is 6.10 Å². The fraction of sp³-hybridized carbons (Fsp3) is 0.333. The number of ether oxygens (including phenoxy) is 1. The third kappa shape index (κ3) is 3.23. The number of rotatable bonds is 2. The van der Waals surface area contributed by atoms with Crippen LogP contribution in [0, 0.1) is 0 Å². The van der Waals surface area contributed by atoms with Crippen molar-refractivity contribution >= 4 is 39.3 Å². The second kappa shape index (κ2) is 6.43. The Hall–Kier alpha value is -1.31. The largest absolute Gasteiger partial charge is 0.409 e. The second-order valence-electron chi connectivity index (χ2n) is 4.26. The third-order valence-electron chi connectivity index (χ3n) is 2.97. The average molecular weight is 363 g/mol. The smallest absolute Gasteiger partial charge is 0.254 e.